The first-order chi connectivity index (χ1) is 13.3. The highest BCUT2D eigenvalue weighted by molar-refractivity contribution is 5.81. The number of ether oxygens (including phenoxy) is 1. The second-order valence-corrected chi connectivity index (χ2v) is 12.1. The molecule has 4 nitrogen and oxygen atoms in total. The van der Waals surface area contributed by atoms with Crippen LogP contribution in [0.4, 0.5) is 0 Å². The smallest absolute Gasteiger partial charge is 0.306 e. The van der Waals surface area contributed by atoms with Crippen LogP contribution in [-0.2, 0) is 14.3 Å². The van der Waals surface area contributed by atoms with E-state index in [4.69, 9.17) is 4.74 Å². The highest BCUT2D eigenvalue weighted by Crippen LogP contribution is 2.83. The van der Waals surface area contributed by atoms with Crippen molar-refractivity contribution >= 4 is 11.8 Å². The van der Waals surface area contributed by atoms with Crippen LogP contribution in [0.2, 0.25) is 0 Å². The standard InChI is InChI=1S/C24H32O4/c1-21-6-3-12(25)11-23(21,27)16-9-13(16)19-15(21)4-7-22(2)20(19)14-10-17(14)24(22)8-5-18(26)28-24/h13-17,19-20,27H,3-11H2,1-2H3/t13?,14-,15?,16-,17?,19?,20?,21-,22+,23-,24+/m1/s1. The lowest BCUT2D eigenvalue weighted by Crippen LogP contribution is -2.65. The summed E-state index contributed by atoms with van der Waals surface area (Å²) in [6.45, 7) is 4.77. The molecule has 152 valence electrons. The van der Waals surface area contributed by atoms with Gasteiger partial charge in [0.15, 0.2) is 0 Å². The molecule has 1 saturated heterocycles. The van der Waals surface area contributed by atoms with Gasteiger partial charge in [-0.25, -0.2) is 0 Å². The summed E-state index contributed by atoms with van der Waals surface area (Å²) in [5, 5.41) is 11.8. The van der Waals surface area contributed by atoms with Crippen LogP contribution in [0.25, 0.3) is 0 Å². The first-order valence-corrected chi connectivity index (χ1v) is 11.7. The molecule has 0 aromatic carbocycles. The lowest BCUT2D eigenvalue weighted by Gasteiger charge is -2.64. The van der Waals surface area contributed by atoms with Crippen LogP contribution in [0.1, 0.15) is 71.6 Å². The summed E-state index contributed by atoms with van der Waals surface area (Å²) in [7, 11) is 0. The Morgan fingerprint density at radius 2 is 1.71 bits per heavy atom. The van der Waals surface area contributed by atoms with Crippen LogP contribution in [-0.4, -0.2) is 28.1 Å². The van der Waals surface area contributed by atoms with Gasteiger partial charge in [-0.3, -0.25) is 9.59 Å². The third-order valence-corrected chi connectivity index (χ3v) is 11.6. The molecule has 1 aliphatic heterocycles. The zero-order chi connectivity index (χ0) is 19.3. The molecular formula is C24H32O4. The van der Waals surface area contributed by atoms with Crippen LogP contribution >= 0.6 is 0 Å². The summed E-state index contributed by atoms with van der Waals surface area (Å²) in [6.07, 6.45) is 8.04. The molecule has 0 aromatic rings. The molecule has 6 saturated carbocycles. The van der Waals surface area contributed by atoms with Gasteiger partial charge in [0.05, 0.1) is 5.60 Å². The minimum absolute atomic E-state index is 0.0229. The molecule has 4 heteroatoms. The summed E-state index contributed by atoms with van der Waals surface area (Å²) in [5.41, 5.74) is -0.943. The second kappa shape index (κ2) is 4.55. The zero-order valence-electron chi connectivity index (χ0n) is 17.1. The van der Waals surface area contributed by atoms with Crippen molar-refractivity contribution in [3.05, 3.63) is 0 Å². The van der Waals surface area contributed by atoms with Crippen LogP contribution < -0.4 is 0 Å². The summed E-state index contributed by atoms with van der Waals surface area (Å²) >= 11 is 0. The molecule has 1 spiro atoms. The molecule has 7 rings (SSSR count). The number of Topliss-reactive ketones (excluding diaryl/α,β-unsaturated/α-hetero) is 1. The van der Waals surface area contributed by atoms with E-state index < -0.39 is 5.60 Å². The van der Waals surface area contributed by atoms with E-state index in [2.05, 4.69) is 13.8 Å². The maximum atomic E-state index is 12.3. The number of fused-ring (bicyclic) bond motifs is 12. The Morgan fingerprint density at radius 3 is 2.46 bits per heavy atom. The van der Waals surface area contributed by atoms with Crippen molar-refractivity contribution in [3.63, 3.8) is 0 Å². The van der Waals surface area contributed by atoms with Gasteiger partial charge in [0.2, 0.25) is 0 Å². The van der Waals surface area contributed by atoms with Crippen LogP contribution in [0.3, 0.4) is 0 Å². The van der Waals surface area contributed by atoms with Gasteiger partial charge in [-0.15, -0.1) is 0 Å². The lowest BCUT2D eigenvalue weighted by atomic mass is 9.42. The summed E-state index contributed by atoms with van der Waals surface area (Å²) in [5.74, 6) is 4.36. The first-order valence-electron chi connectivity index (χ1n) is 11.7. The number of hydrogen-bond acceptors (Lipinski definition) is 4. The molecule has 0 bridgehead atoms. The van der Waals surface area contributed by atoms with Gasteiger partial charge in [0, 0.05) is 36.0 Å². The molecule has 6 aliphatic carbocycles. The third kappa shape index (κ3) is 1.55. The fourth-order valence-corrected chi connectivity index (χ4v) is 10.3. The quantitative estimate of drug-likeness (QED) is 0.649. The number of aliphatic hydroxyl groups is 1. The number of ketones is 1. The maximum absolute atomic E-state index is 12.3. The highest BCUT2D eigenvalue weighted by Gasteiger charge is 2.83. The number of hydrogen-bond donors (Lipinski definition) is 1. The maximum Gasteiger partial charge on any atom is 0.306 e. The molecule has 1 heterocycles. The molecule has 0 radical (unpaired) electrons. The molecule has 0 aromatic heterocycles. The van der Waals surface area contributed by atoms with Gasteiger partial charge in [0.1, 0.15) is 11.4 Å². The Hall–Kier alpha value is -0.900. The van der Waals surface area contributed by atoms with Gasteiger partial charge < -0.3 is 9.84 Å². The average molecular weight is 385 g/mol. The van der Waals surface area contributed by atoms with E-state index in [9.17, 15) is 14.7 Å². The zero-order valence-corrected chi connectivity index (χ0v) is 17.1. The molecule has 7 aliphatic rings. The van der Waals surface area contributed by atoms with Crippen molar-refractivity contribution in [1.29, 1.82) is 0 Å². The van der Waals surface area contributed by atoms with Crippen molar-refractivity contribution in [2.75, 3.05) is 0 Å². The number of rotatable bonds is 0. The fraction of sp³-hybridized carbons (Fsp3) is 0.917. The predicted molar refractivity (Wildman–Crippen MR) is 101 cm³/mol. The van der Waals surface area contributed by atoms with E-state index in [1.165, 1.54) is 6.42 Å². The van der Waals surface area contributed by atoms with Crippen LogP contribution in [0.15, 0.2) is 0 Å². The van der Waals surface area contributed by atoms with E-state index in [0.717, 1.165) is 38.0 Å². The Morgan fingerprint density at radius 1 is 0.929 bits per heavy atom. The summed E-state index contributed by atoms with van der Waals surface area (Å²) < 4.78 is 6.20. The molecule has 11 atom stereocenters. The van der Waals surface area contributed by atoms with Gasteiger partial charge in [-0.05, 0) is 74.0 Å². The van der Waals surface area contributed by atoms with E-state index in [1.54, 1.807) is 0 Å². The van der Waals surface area contributed by atoms with Gasteiger partial charge in [-0.2, -0.15) is 0 Å². The Balaban J connectivity index is 1.32. The number of carbonyl (C=O) groups is 2. The molecule has 28 heavy (non-hydrogen) atoms. The minimum atomic E-state index is -0.763. The van der Waals surface area contributed by atoms with Crippen LogP contribution in [0.5, 0.6) is 0 Å². The second-order valence-electron chi connectivity index (χ2n) is 12.1. The van der Waals surface area contributed by atoms with Crippen LogP contribution in [0, 0.1) is 52.3 Å². The molecule has 5 unspecified atom stereocenters. The SMILES string of the molecule is C[C@]12CCC3C(C4C[C@H]4[C@]4(O)CC(=O)CC[C@]34C)C1[C@@H]1CC1[C@@]21CCC(=O)O1. The highest BCUT2D eigenvalue weighted by atomic mass is 16.6. The van der Waals surface area contributed by atoms with E-state index in [0.29, 0.717) is 54.8 Å². The average Bonchev–Trinajstić information content (AvgIpc) is 3.54. The van der Waals surface area contributed by atoms with Crippen molar-refractivity contribution in [2.45, 2.75) is 82.8 Å². The van der Waals surface area contributed by atoms with Crippen molar-refractivity contribution in [3.8, 4) is 0 Å². The fourth-order valence-electron chi connectivity index (χ4n) is 10.3. The van der Waals surface area contributed by atoms with E-state index in [-0.39, 0.29) is 28.2 Å². The largest absolute Gasteiger partial charge is 0.458 e. The summed E-state index contributed by atoms with van der Waals surface area (Å²) in [6, 6.07) is 0. The van der Waals surface area contributed by atoms with Gasteiger partial charge >= 0.3 is 5.97 Å². The molecular weight excluding hydrogens is 352 g/mol. The Bertz CT molecular complexity index is 821. The molecule has 7 fully saturated rings. The first kappa shape index (κ1) is 16.8. The monoisotopic (exact) mass is 384 g/mol. The Kier molecular flexibility index (Phi) is 2.74. The van der Waals surface area contributed by atoms with Crippen molar-refractivity contribution < 1.29 is 19.4 Å². The molecule has 0 amide bonds. The minimum Gasteiger partial charge on any atom is -0.458 e. The normalized spacial score (nSPS) is 65.8. The molecule has 1 N–H and O–H groups in total. The predicted octanol–water partition coefficient (Wildman–Crippen LogP) is 3.50. The summed E-state index contributed by atoms with van der Waals surface area (Å²) in [4.78, 5) is 24.4. The topological polar surface area (TPSA) is 63.6 Å². The number of carbonyl (C=O) groups excluding carboxylic acids is 2. The van der Waals surface area contributed by atoms with Crippen molar-refractivity contribution in [1.82, 2.24) is 0 Å². The number of esters is 1. The van der Waals surface area contributed by atoms with E-state index in [1.807, 2.05) is 0 Å². The van der Waals surface area contributed by atoms with Gasteiger partial charge in [-0.1, -0.05) is 13.8 Å². The third-order valence-electron chi connectivity index (χ3n) is 11.6. The van der Waals surface area contributed by atoms with E-state index >= 15 is 0 Å². The lowest BCUT2D eigenvalue weighted by molar-refractivity contribution is -0.223. The Labute approximate surface area is 166 Å². The van der Waals surface area contributed by atoms with Gasteiger partial charge in [0.25, 0.3) is 0 Å². The van der Waals surface area contributed by atoms with Crippen molar-refractivity contribution in [2.24, 2.45) is 52.3 Å².